The van der Waals surface area contributed by atoms with Crippen LogP contribution < -0.4 is 11.1 Å². The summed E-state index contributed by atoms with van der Waals surface area (Å²) in [5.74, 6) is -1.10. The van der Waals surface area contributed by atoms with Gasteiger partial charge in [-0.15, -0.1) is 0 Å². The van der Waals surface area contributed by atoms with Crippen LogP contribution in [-0.4, -0.2) is 41.8 Å². The fourth-order valence-electron chi connectivity index (χ4n) is 1.49. The number of nitrogens with one attached hydrogen (secondary N) is 1. The van der Waals surface area contributed by atoms with Crippen LogP contribution in [0.5, 0.6) is 0 Å². The quantitative estimate of drug-likeness (QED) is 0.602. The minimum Gasteiger partial charge on any atom is -0.355 e. The van der Waals surface area contributed by atoms with Gasteiger partial charge in [-0.05, 0) is 12.8 Å². The summed E-state index contributed by atoms with van der Waals surface area (Å²) >= 11 is 0. The van der Waals surface area contributed by atoms with Crippen molar-refractivity contribution in [2.75, 3.05) is 13.1 Å². The third-order valence-electron chi connectivity index (χ3n) is 2.43. The third kappa shape index (κ3) is 3.03. The monoisotopic (exact) mass is 227 g/mol. The first-order valence-electron chi connectivity index (χ1n) is 5.42. The molecule has 0 saturated carbocycles. The molecule has 1 atom stereocenters. The molecule has 6 nitrogen and oxygen atoms in total. The van der Waals surface area contributed by atoms with E-state index in [0.717, 1.165) is 11.3 Å². The van der Waals surface area contributed by atoms with Crippen LogP contribution >= 0.6 is 0 Å². The molecule has 0 aliphatic carbocycles. The molecular formula is C10H17N3O3. The third-order valence-corrected chi connectivity index (χ3v) is 2.43. The average Bonchev–Trinajstić information content (AvgIpc) is 2.27. The lowest BCUT2D eigenvalue weighted by atomic mass is 10.1. The second kappa shape index (κ2) is 5.60. The van der Waals surface area contributed by atoms with Crippen LogP contribution in [0.25, 0.3) is 0 Å². The number of amides is 3. The largest absolute Gasteiger partial charge is 0.355 e. The van der Waals surface area contributed by atoms with Crippen LogP contribution in [0.1, 0.15) is 26.2 Å². The Labute approximate surface area is 94.2 Å². The molecule has 0 aromatic heterocycles. The van der Waals surface area contributed by atoms with E-state index in [1.54, 1.807) is 0 Å². The van der Waals surface area contributed by atoms with Gasteiger partial charge in [0.1, 0.15) is 6.54 Å². The highest BCUT2D eigenvalue weighted by Crippen LogP contribution is 2.10. The van der Waals surface area contributed by atoms with Crippen molar-refractivity contribution < 1.29 is 14.4 Å². The second-order valence-electron chi connectivity index (χ2n) is 3.81. The number of likely N-dealkylation sites (tertiary alicyclic amines) is 1. The van der Waals surface area contributed by atoms with E-state index in [1.807, 2.05) is 6.92 Å². The Bertz CT molecular complexity index is 304. The van der Waals surface area contributed by atoms with Crippen LogP contribution in [0.4, 0.5) is 0 Å². The number of carbonyl (C=O) groups excluding carboxylic acids is 3. The Morgan fingerprint density at radius 3 is 2.88 bits per heavy atom. The lowest BCUT2D eigenvalue weighted by Crippen LogP contribution is -2.54. The highest BCUT2D eigenvalue weighted by molar-refractivity contribution is 6.03. The molecule has 1 aliphatic rings. The standard InChI is InChI=1S/C10H17N3O3/c1-2-5-12-8(14)6-13-9(15)4-3-7(11)10(13)16/h7H,2-6,11H2,1H3,(H,12,14). The number of rotatable bonds is 4. The van der Waals surface area contributed by atoms with E-state index in [2.05, 4.69) is 5.32 Å². The van der Waals surface area contributed by atoms with E-state index < -0.39 is 11.9 Å². The van der Waals surface area contributed by atoms with Crippen molar-refractivity contribution in [2.24, 2.45) is 5.73 Å². The average molecular weight is 227 g/mol. The predicted molar refractivity (Wildman–Crippen MR) is 57.2 cm³/mol. The molecule has 0 aromatic rings. The van der Waals surface area contributed by atoms with Crippen molar-refractivity contribution in [3.63, 3.8) is 0 Å². The number of hydrogen-bond acceptors (Lipinski definition) is 4. The van der Waals surface area contributed by atoms with Crippen molar-refractivity contribution in [1.82, 2.24) is 10.2 Å². The highest BCUT2D eigenvalue weighted by atomic mass is 16.2. The Balaban J connectivity index is 2.53. The van der Waals surface area contributed by atoms with Gasteiger partial charge in [0, 0.05) is 13.0 Å². The van der Waals surface area contributed by atoms with Gasteiger partial charge in [-0.25, -0.2) is 0 Å². The molecule has 16 heavy (non-hydrogen) atoms. The second-order valence-corrected chi connectivity index (χ2v) is 3.81. The first kappa shape index (κ1) is 12.6. The Kier molecular flexibility index (Phi) is 4.42. The fraction of sp³-hybridized carbons (Fsp3) is 0.700. The molecule has 3 amide bonds. The zero-order chi connectivity index (χ0) is 12.1. The molecule has 3 N–H and O–H groups in total. The summed E-state index contributed by atoms with van der Waals surface area (Å²) in [5.41, 5.74) is 5.53. The van der Waals surface area contributed by atoms with Crippen molar-refractivity contribution in [3.05, 3.63) is 0 Å². The summed E-state index contributed by atoms with van der Waals surface area (Å²) in [4.78, 5) is 35.3. The van der Waals surface area contributed by atoms with E-state index in [0.29, 0.717) is 13.0 Å². The number of carbonyl (C=O) groups is 3. The zero-order valence-electron chi connectivity index (χ0n) is 9.36. The Morgan fingerprint density at radius 1 is 1.56 bits per heavy atom. The van der Waals surface area contributed by atoms with Gasteiger partial charge in [-0.2, -0.15) is 0 Å². The molecule has 6 heteroatoms. The Hall–Kier alpha value is -1.43. The van der Waals surface area contributed by atoms with Gasteiger partial charge in [0.05, 0.1) is 6.04 Å². The minimum atomic E-state index is -0.656. The molecule has 1 aliphatic heterocycles. The van der Waals surface area contributed by atoms with Crippen molar-refractivity contribution in [1.29, 1.82) is 0 Å². The summed E-state index contributed by atoms with van der Waals surface area (Å²) in [7, 11) is 0. The van der Waals surface area contributed by atoms with Crippen LogP contribution in [-0.2, 0) is 14.4 Å². The molecule has 1 saturated heterocycles. The topological polar surface area (TPSA) is 92.5 Å². The van der Waals surface area contributed by atoms with Crippen LogP contribution in [0, 0.1) is 0 Å². The van der Waals surface area contributed by atoms with E-state index in [9.17, 15) is 14.4 Å². The van der Waals surface area contributed by atoms with Gasteiger partial charge in [0.25, 0.3) is 0 Å². The first-order valence-corrected chi connectivity index (χ1v) is 5.42. The van der Waals surface area contributed by atoms with E-state index in [1.165, 1.54) is 0 Å². The predicted octanol–water partition coefficient (Wildman–Crippen LogP) is -1.01. The molecule has 90 valence electrons. The van der Waals surface area contributed by atoms with Gasteiger partial charge in [-0.1, -0.05) is 6.92 Å². The smallest absolute Gasteiger partial charge is 0.246 e. The molecule has 0 bridgehead atoms. The molecule has 1 heterocycles. The van der Waals surface area contributed by atoms with Gasteiger partial charge in [0.15, 0.2) is 0 Å². The minimum absolute atomic E-state index is 0.217. The summed E-state index contributed by atoms with van der Waals surface area (Å²) in [6.45, 7) is 2.25. The maximum Gasteiger partial charge on any atom is 0.246 e. The summed E-state index contributed by atoms with van der Waals surface area (Å²) in [6, 6.07) is -0.656. The Morgan fingerprint density at radius 2 is 2.25 bits per heavy atom. The maximum absolute atomic E-state index is 11.5. The highest BCUT2D eigenvalue weighted by Gasteiger charge is 2.32. The lowest BCUT2D eigenvalue weighted by molar-refractivity contribution is -0.151. The molecule has 1 unspecified atom stereocenters. The SMILES string of the molecule is CCCNC(=O)CN1C(=O)CCC(N)C1=O. The van der Waals surface area contributed by atoms with Gasteiger partial charge >= 0.3 is 0 Å². The molecule has 0 radical (unpaired) electrons. The molecule has 1 fully saturated rings. The van der Waals surface area contributed by atoms with Crippen molar-refractivity contribution in [3.8, 4) is 0 Å². The van der Waals surface area contributed by atoms with Crippen molar-refractivity contribution in [2.45, 2.75) is 32.2 Å². The molecule has 0 spiro atoms. The lowest BCUT2D eigenvalue weighted by Gasteiger charge is -2.27. The van der Waals surface area contributed by atoms with E-state index >= 15 is 0 Å². The van der Waals surface area contributed by atoms with Crippen LogP contribution in [0.2, 0.25) is 0 Å². The van der Waals surface area contributed by atoms with Gasteiger partial charge in [0.2, 0.25) is 17.7 Å². The fourth-order valence-corrected chi connectivity index (χ4v) is 1.49. The normalized spacial score (nSPS) is 21.1. The van der Waals surface area contributed by atoms with Crippen LogP contribution in [0.3, 0.4) is 0 Å². The first-order chi connectivity index (χ1) is 7.56. The number of imide groups is 1. The number of piperidine rings is 1. The number of hydrogen-bond donors (Lipinski definition) is 2. The van der Waals surface area contributed by atoms with Gasteiger partial charge < -0.3 is 11.1 Å². The summed E-state index contributed by atoms with van der Waals surface area (Å²) in [6.07, 6.45) is 1.41. The number of nitrogens with two attached hydrogens (primary N) is 1. The van der Waals surface area contributed by atoms with Crippen LogP contribution in [0.15, 0.2) is 0 Å². The molecule has 0 aromatic carbocycles. The van der Waals surface area contributed by atoms with Gasteiger partial charge in [-0.3, -0.25) is 19.3 Å². The summed E-state index contributed by atoms with van der Waals surface area (Å²) < 4.78 is 0. The summed E-state index contributed by atoms with van der Waals surface area (Å²) in [5, 5.41) is 2.61. The molecular weight excluding hydrogens is 210 g/mol. The van der Waals surface area contributed by atoms with E-state index in [4.69, 9.17) is 5.73 Å². The molecule has 1 rings (SSSR count). The van der Waals surface area contributed by atoms with Crippen molar-refractivity contribution >= 4 is 17.7 Å². The maximum atomic E-state index is 11.5. The number of nitrogens with zero attached hydrogens (tertiary/aromatic N) is 1. The van der Waals surface area contributed by atoms with E-state index in [-0.39, 0.29) is 24.8 Å². The zero-order valence-corrected chi connectivity index (χ0v) is 9.36.